The van der Waals surface area contributed by atoms with E-state index in [0.717, 1.165) is 4.68 Å². The maximum absolute atomic E-state index is 13.9. The first-order chi connectivity index (χ1) is 15.2. The van der Waals surface area contributed by atoms with Gasteiger partial charge in [-0.1, -0.05) is 12.1 Å². The lowest BCUT2D eigenvalue weighted by atomic mass is 10.1. The molecule has 4 rings (SSSR count). The summed E-state index contributed by atoms with van der Waals surface area (Å²) in [6.45, 7) is 2.16. The summed E-state index contributed by atoms with van der Waals surface area (Å²) in [5, 5.41) is 4.53. The average Bonchev–Trinajstić information content (AvgIpc) is 2.91. The fourth-order valence-electron chi connectivity index (χ4n) is 3.72. The first-order valence-corrected chi connectivity index (χ1v) is 10.3. The highest BCUT2D eigenvalue weighted by Crippen LogP contribution is 2.26. The molecule has 1 aromatic carbocycles. The number of carbonyl (C=O) groups excluding carboxylic acids is 1. The lowest BCUT2D eigenvalue weighted by Gasteiger charge is -2.19. The topological polar surface area (TPSA) is 60.2 Å². The monoisotopic (exact) mass is 450 g/mol. The summed E-state index contributed by atoms with van der Waals surface area (Å²) in [4.78, 5) is 18.7. The molecule has 0 spiro atoms. The number of benzene rings is 1. The second-order valence-corrected chi connectivity index (χ2v) is 7.82. The largest absolute Gasteiger partial charge is 0.408 e. The summed E-state index contributed by atoms with van der Waals surface area (Å²) in [5.41, 5.74) is 1.61. The molecule has 0 saturated carbocycles. The quantitative estimate of drug-likeness (QED) is 0.566. The van der Waals surface area contributed by atoms with Gasteiger partial charge in [0.1, 0.15) is 18.1 Å². The maximum atomic E-state index is 13.9. The van der Waals surface area contributed by atoms with Crippen molar-refractivity contribution < 1.29 is 27.1 Å². The summed E-state index contributed by atoms with van der Waals surface area (Å²) in [5.74, 6) is -0.756. The number of nitrogens with zero attached hydrogens (tertiary/aromatic N) is 4. The van der Waals surface area contributed by atoms with Crippen LogP contribution in [-0.2, 0) is 17.7 Å². The normalized spacial score (nSPS) is 15.2. The molecular formula is C22H22F4N4O2. The Kier molecular flexibility index (Phi) is 6.14. The van der Waals surface area contributed by atoms with E-state index in [1.807, 2.05) is 0 Å². The van der Waals surface area contributed by atoms with Gasteiger partial charge in [-0.3, -0.25) is 14.5 Å². The third kappa shape index (κ3) is 4.90. The highest BCUT2D eigenvalue weighted by Gasteiger charge is 2.30. The molecule has 0 unspecified atom stereocenters. The van der Waals surface area contributed by atoms with Crippen LogP contribution in [-0.4, -0.2) is 58.1 Å². The van der Waals surface area contributed by atoms with Crippen LogP contribution in [0.3, 0.4) is 0 Å². The molecule has 3 aromatic rings. The Hall–Kier alpha value is -3.01. The molecule has 0 bridgehead atoms. The summed E-state index contributed by atoms with van der Waals surface area (Å²) >= 11 is 0. The van der Waals surface area contributed by atoms with E-state index in [9.17, 15) is 22.4 Å². The SMILES string of the molecule is Cc1ccc(Cc2nn(CC(F)(F)F)c3cc(C(=O)N4CCCOCC4)ncc23)cc1F. The van der Waals surface area contributed by atoms with Crippen molar-refractivity contribution in [2.45, 2.75) is 32.5 Å². The van der Waals surface area contributed by atoms with Gasteiger partial charge in [-0.25, -0.2) is 4.39 Å². The Bertz CT molecular complexity index is 1130. The Morgan fingerprint density at radius 1 is 1.19 bits per heavy atom. The molecule has 6 nitrogen and oxygen atoms in total. The van der Waals surface area contributed by atoms with E-state index in [0.29, 0.717) is 54.9 Å². The number of aryl methyl sites for hydroxylation is 1. The fraction of sp³-hybridized carbons (Fsp3) is 0.409. The van der Waals surface area contributed by atoms with Crippen molar-refractivity contribution in [3.8, 4) is 0 Å². The summed E-state index contributed by atoms with van der Waals surface area (Å²) in [7, 11) is 0. The van der Waals surface area contributed by atoms with E-state index in [4.69, 9.17) is 4.74 Å². The number of pyridine rings is 1. The summed E-state index contributed by atoms with van der Waals surface area (Å²) in [6.07, 6.45) is -2.31. The molecule has 1 fully saturated rings. The van der Waals surface area contributed by atoms with Crippen LogP contribution in [0.25, 0.3) is 10.9 Å². The van der Waals surface area contributed by atoms with E-state index in [1.165, 1.54) is 18.3 Å². The second-order valence-electron chi connectivity index (χ2n) is 7.82. The number of ether oxygens (including phenoxy) is 1. The number of aromatic nitrogens is 3. The van der Waals surface area contributed by atoms with Crippen LogP contribution in [0.4, 0.5) is 17.6 Å². The molecule has 2 aromatic heterocycles. The van der Waals surface area contributed by atoms with Crippen molar-refractivity contribution in [1.29, 1.82) is 0 Å². The molecule has 3 heterocycles. The highest BCUT2D eigenvalue weighted by atomic mass is 19.4. The first-order valence-electron chi connectivity index (χ1n) is 10.3. The van der Waals surface area contributed by atoms with Crippen LogP contribution in [0.15, 0.2) is 30.5 Å². The second kappa shape index (κ2) is 8.85. The predicted molar refractivity (Wildman–Crippen MR) is 109 cm³/mol. The molecule has 170 valence electrons. The third-order valence-corrected chi connectivity index (χ3v) is 5.38. The molecular weight excluding hydrogens is 428 g/mol. The number of rotatable bonds is 4. The minimum Gasteiger partial charge on any atom is -0.380 e. The van der Waals surface area contributed by atoms with E-state index < -0.39 is 18.5 Å². The van der Waals surface area contributed by atoms with Gasteiger partial charge in [0.2, 0.25) is 0 Å². The zero-order chi connectivity index (χ0) is 22.9. The van der Waals surface area contributed by atoms with Crippen LogP contribution < -0.4 is 0 Å². The zero-order valence-electron chi connectivity index (χ0n) is 17.5. The third-order valence-electron chi connectivity index (χ3n) is 5.38. The van der Waals surface area contributed by atoms with Crippen LogP contribution in [0, 0.1) is 12.7 Å². The van der Waals surface area contributed by atoms with Crippen molar-refractivity contribution in [3.63, 3.8) is 0 Å². The predicted octanol–water partition coefficient (Wildman–Crippen LogP) is 3.89. The van der Waals surface area contributed by atoms with Crippen molar-refractivity contribution in [2.75, 3.05) is 26.3 Å². The maximum Gasteiger partial charge on any atom is 0.408 e. The number of alkyl halides is 3. The molecule has 32 heavy (non-hydrogen) atoms. The van der Waals surface area contributed by atoms with Gasteiger partial charge in [0.15, 0.2) is 0 Å². The van der Waals surface area contributed by atoms with Gasteiger partial charge in [0.05, 0.1) is 17.8 Å². The molecule has 0 radical (unpaired) electrons. The number of fused-ring (bicyclic) bond motifs is 1. The van der Waals surface area contributed by atoms with Gasteiger partial charge in [-0.15, -0.1) is 0 Å². The van der Waals surface area contributed by atoms with Gasteiger partial charge in [0.25, 0.3) is 5.91 Å². The number of hydrogen-bond acceptors (Lipinski definition) is 4. The summed E-state index contributed by atoms with van der Waals surface area (Å²) < 4.78 is 59.7. The van der Waals surface area contributed by atoms with E-state index in [-0.39, 0.29) is 23.5 Å². The highest BCUT2D eigenvalue weighted by molar-refractivity contribution is 5.96. The molecule has 1 aliphatic rings. The molecule has 0 atom stereocenters. The Morgan fingerprint density at radius 3 is 2.75 bits per heavy atom. The fourth-order valence-corrected chi connectivity index (χ4v) is 3.72. The molecule has 10 heteroatoms. The van der Waals surface area contributed by atoms with Crippen LogP contribution >= 0.6 is 0 Å². The zero-order valence-corrected chi connectivity index (χ0v) is 17.5. The Labute approximate surface area is 181 Å². The smallest absolute Gasteiger partial charge is 0.380 e. The minimum absolute atomic E-state index is 0.0515. The van der Waals surface area contributed by atoms with E-state index in [1.54, 1.807) is 24.0 Å². The summed E-state index contributed by atoms with van der Waals surface area (Å²) in [6, 6.07) is 6.01. The van der Waals surface area contributed by atoms with Crippen LogP contribution in [0.5, 0.6) is 0 Å². The number of halogens is 4. The van der Waals surface area contributed by atoms with Crippen molar-refractivity contribution in [1.82, 2.24) is 19.7 Å². The number of hydrogen-bond donors (Lipinski definition) is 0. The molecule has 1 saturated heterocycles. The Morgan fingerprint density at radius 2 is 2.00 bits per heavy atom. The van der Waals surface area contributed by atoms with Gasteiger partial charge in [-0.2, -0.15) is 18.3 Å². The van der Waals surface area contributed by atoms with Crippen LogP contribution in [0.1, 0.15) is 33.7 Å². The van der Waals surface area contributed by atoms with Gasteiger partial charge >= 0.3 is 6.18 Å². The van der Waals surface area contributed by atoms with E-state index >= 15 is 0 Å². The first kappa shape index (κ1) is 22.2. The lowest BCUT2D eigenvalue weighted by Crippen LogP contribution is -2.33. The number of amides is 1. The van der Waals surface area contributed by atoms with Gasteiger partial charge in [-0.05, 0) is 36.6 Å². The number of carbonyl (C=O) groups is 1. The van der Waals surface area contributed by atoms with Gasteiger partial charge < -0.3 is 9.64 Å². The molecule has 0 aliphatic carbocycles. The van der Waals surface area contributed by atoms with Crippen molar-refractivity contribution in [2.24, 2.45) is 0 Å². The molecule has 1 amide bonds. The van der Waals surface area contributed by atoms with E-state index in [2.05, 4.69) is 10.1 Å². The lowest BCUT2D eigenvalue weighted by molar-refractivity contribution is -0.141. The van der Waals surface area contributed by atoms with Crippen molar-refractivity contribution in [3.05, 3.63) is 58.8 Å². The van der Waals surface area contributed by atoms with Crippen molar-refractivity contribution >= 4 is 16.8 Å². The average molecular weight is 450 g/mol. The van der Waals surface area contributed by atoms with Crippen LogP contribution in [0.2, 0.25) is 0 Å². The molecule has 0 N–H and O–H groups in total. The molecule has 1 aliphatic heterocycles. The van der Waals surface area contributed by atoms with Gasteiger partial charge in [0, 0.05) is 37.7 Å². The minimum atomic E-state index is -4.50. The standard InChI is InChI=1S/C22H22F4N4O2/c1-14-3-4-15(9-17(14)23)10-18-16-12-27-19(21(31)29-5-2-7-32-8-6-29)11-20(16)30(28-18)13-22(24,25)26/h3-4,9,11-12H,2,5-8,10,13H2,1H3. The Balaban J connectivity index is 1.72.